The number of hydrogen-bond acceptors (Lipinski definition) is 5. The van der Waals surface area contributed by atoms with E-state index in [0.29, 0.717) is 0 Å². The van der Waals surface area contributed by atoms with Gasteiger partial charge in [0.25, 0.3) is 0 Å². The molecule has 3 aromatic rings. The Morgan fingerprint density at radius 2 is 2.09 bits per heavy atom. The van der Waals surface area contributed by atoms with Crippen LogP contribution in [0.15, 0.2) is 65.0 Å². The Balaban J connectivity index is 1.49. The first-order valence-corrected chi connectivity index (χ1v) is 7.50. The largest absolute Gasteiger partial charge is 0.353 e. The van der Waals surface area contributed by atoms with Crippen LogP contribution in [0.5, 0.6) is 0 Å². The molecule has 6 nitrogen and oxygen atoms in total. The predicted molar refractivity (Wildman–Crippen MR) is 91.7 cm³/mol. The summed E-state index contributed by atoms with van der Waals surface area (Å²) in [6.45, 7) is 1.66. The molecule has 0 bridgehead atoms. The molecule has 0 radical (unpaired) electrons. The quantitative estimate of drug-likeness (QED) is 0.573. The van der Waals surface area contributed by atoms with Gasteiger partial charge in [0.1, 0.15) is 5.65 Å². The molecule has 1 aliphatic heterocycles. The summed E-state index contributed by atoms with van der Waals surface area (Å²) in [7, 11) is 0. The maximum Gasteiger partial charge on any atom is 0.212 e. The molecule has 0 saturated carbocycles. The molecular weight excluding hydrogens is 288 g/mol. The number of imidazole rings is 1. The van der Waals surface area contributed by atoms with Crippen molar-refractivity contribution in [1.29, 1.82) is 0 Å². The van der Waals surface area contributed by atoms with Crippen LogP contribution in [0.2, 0.25) is 0 Å². The molecule has 2 aromatic heterocycles. The second-order valence-corrected chi connectivity index (χ2v) is 5.24. The summed E-state index contributed by atoms with van der Waals surface area (Å²) in [5.74, 6) is 0.725. The van der Waals surface area contributed by atoms with Crippen LogP contribution in [0.4, 0.5) is 0 Å². The fourth-order valence-electron chi connectivity index (χ4n) is 2.45. The van der Waals surface area contributed by atoms with Gasteiger partial charge in [0.05, 0.1) is 18.5 Å². The van der Waals surface area contributed by atoms with Crippen molar-refractivity contribution < 1.29 is 0 Å². The van der Waals surface area contributed by atoms with E-state index in [9.17, 15) is 0 Å². The van der Waals surface area contributed by atoms with Crippen LogP contribution >= 0.6 is 0 Å². The topological polar surface area (TPSA) is 66.1 Å². The van der Waals surface area contributed by atoms with Crippen molar-refractivity contribution in [1.82, 2.24) is 20.1 Å². The number of guanidine groups is 1. The van der Waals surface area contributed by atoms with Crippen molar-refractivity contribution in [3.05, 3.63) is 60.4 Å². The lowest BCUT2D eigenvalue weighted by Gasteiger charge is -2.00. The summed E-state index contributed by atoms with van der Waals surface area (Å²) >= 11 is 0. The van der Waals surface area contributed by atoms with Crippen LogP contribution in [-0.4, -0.2) is 34.6 Å². The van der Waals surface area contributed by atoms with Crippen molar-refractivity contribution in [2.45, 2.75) is 0 Å². The Labute approximate surface area is 133 Å². The van der Waals surface area contributed by atoms with Crippen LogP contribution in [0.25, 0.3) is 16.9 Å². The van der Waals surface area contributed by atoms with Gasteiger partial charge in [0.2, 0.25) is 5.96 Å². The standard InChI is InChI=1S/C17H16N6/c1-2-10-23-12-15(21-16(23)3-1)14-6-4-13(5-7-14)11-20-22-17-18-8-9-19-17/h1-7,10-12H,8-9H2,(H2,18,19,22). The van der Waals surface area contributed by atoms with E-state index in [0.717, 1.165) is 41.5 Å². The molecule has 6 heteroatoms. The summed E-state index contributed by atoms with van der Waals surface area (Å²) < 4.78 is 2.02. The number of rotatable bonds is 3. The molecule has 114 valence electrons. The first-order valence-electron chi connectivity index (χ1n) is 7.50. The zero-order valence-corrected chi connectivity index (χ0v) is 12.5. The number of nitrogens with zero attached hydrogens (tertiary/aromatic N) is 4. The third-order valence-electron chi connectivity index (χ3n) is 3.63. The summed E-state index contributed by atoms with van der Waals surface area (Å²) in [4.78, 5) is 8.83. The Kier molecular flexibility index (Phi) is 3.48. The molecular formula is C17H16N6. The van der Waals surface area contributed by atoms with Crippen LogP contribution in [0, 0.1) is 0 Å². The molecule has 4 rings (SSSR count). The lowest BCUT2D eigenvalue weighted by Crippen LogP contribution is -2.30. The average Bonchev–Trinajstić information content (AvgIpc) is 3.24. The molecule has 0 spiro atoms. The summed E-state index contributed by atoms with van der Waals surface area (Å²) in [5.41, 5.74) is 6.89. The van der Waals surface area contributed by atoms with Gasteiger partial charge < -0.3 is 9.72 Å². The van der Waals surface area contributed by atoms with Crippen molar-refractivity contribution >= 4 is 17.8 Å². The molecule has 2 N–H and O–H groups in total. The van der Waals surface area contributed by atoms with Gasteiger partial charge in [-0.1, -0.05) is 30.3 Å². The van der Waals surface area contributed by atoms with E-state index >= 15 is 0 Å². The van der Waals surface area contributed by atoms with E-state index in [-0.39, 0.29) is 0 Å². The van der Waals surface area contributed by atoms with E-state index in [1.807, 2.05) is 47.1 Å². The molecule has 0 saturated heterocycles. The highest BCUT2D eigenvalue weighted by molar-refractivity contribution is 5.85. The molecule has 0 aliphatic carbocycles. The third kappa shape index (κ3) is 2.91. The summed E-state index contributed by atoms with van der Waals surface area (Å²) in [5, 5.41) is 7.27. The molecule has 1 aliphatic rings. The Hall–Kier alpha value is -3.15. The van der Waals surface area contributed by atoms with Crippen LogP contribution in [0.1, 0.15) is 5.56 Å². The number of hydrogen-bond donors (Lipinski definition) is 2. The first kappa shape index (κ1) is 13.5. The molecule has 0 atom stereocenters. The first-order chi connectivity index (χ1) is 11.4. The molecule has 0 fully saturated rings. The molecule has 0 amide bonds. The number of aliphatic imine (C=N–C) groups is 1. The van der Waals surface area contributed by atoms with Gasteiger partial charge in [-0.25, -0.2) is 15.4 Å². The summed E-state index contributed by atoms with van der Waals surface area (Å²) in [6.07, 6.45) is 5.80. The maximum atomic E-state index is 4.62. The molecule has 0 unspecified atom stereocenters. The van der Waals surface area contributed by atoms with Gasteiger partial charge in [0, 0.05) is 24.5 Å². The van der Waals surface area contributed by atoms with Crippen molar-refractivity contribution in [3.8, 4) is 11.3 Å². The monoisotopic (exact) mass is 304 g/mol. The molecule has 3 heterocycles. The number of nitrogens with one attached hydrogen (secondary N) is 2. The maximum absolute atomic E-state index is 4.62. The average molecular weight is 304 g/mol. The second kappa shape index (κ2) is 5.92. The van der Waals surface area contributed by atoms with Crippen molar-refractivity contribution in [2.24, 2.45) is 10.1 Å². The zero-order valence-electron chi connectivity index (χ0n) is 12.5. The van der Waals surface area contributed by atoms with Gasteiger partial charge in [-0.3, -0.25) is 0 Å². The highest BCUT2D eigenvalue weighted by atomic mass is 15.4. The number of pyridine rings is 1. The number of benzene rings is 1. The van der Waals surface area contributed by atoms with Gasteiger partial charge >= 0.3 is 0 Å². The smallest absolute Gasteiger partial charge is 0.212 e. The number of aromatic nitrogens is 2. The minimum absolute atomic E-state index is 0.725. The SMILES string of the molecule is C(=NNC1=NCCN1)c1ccc(-c2cn3ccccc3n2)cc1. The van der Waals surface area contributed by atoms with E-state index in [1.54, 1.807) is 6.21 Å². The van der Waals surface area contributed by atoms with Gasteiger partial charge in [0.15, 0.2) is 0 Å². The van der Waals surface area contributed by atoms with Crippen molar-refractivity contribution in [3.63, 3.8) is 0 Å². The van der Waals surface area contributed by atoms with Crippen LogP contribution in [-0.2, 0) is 0 Å². The highest BCUT2D eigenvalue weighted by Crippen LogP contribution is 2.19. The highest BCUT2D eigenvalue weighted by Gasteiger charge is 2.04. The van der Waals surface area contributed by atoms with Crippen molar-refractivity contribution in [2.75, 3.05) is 13.1 Å². The lowest BCUT2D eigenvalue weighted by atomic mass is 10.1. The lowest BCUT2D eigenvalue weighted by molar-refractivity contribution is 0.920. The molecule has 1 aromatic carbocycles. The second-order valence-electron chi connectivity index (χ2n) is 5.24. The predicted octanol–water partition coefficient (Wildman–Crippen LogP) is 1.88. The number of hydrazone groups is 1. The van der Waals surface area contributed by atoms with Gasteiger partial charge in [-0.2, -0.15) is 5.10 Å². The molecule has 23 heavy (non-hydrogen) atoms. The van der Waals surface area contributed by atoms with E-state index in [4.69, 9.17) is 0 Å². The van der Waals surface area contributed by atoms with E-state index in [1.165, 1.54) is 0 Å². The van der Waals surface area contributed by atoms with E-state index < -0.39 is 0 Å². The third-order valence-corrected chi connectivity index (χ3v) is 3.63. The normalized spacial score (nSPS) is 14.2. The van der Waals surface area contributed by atoms with Gasteiger partial charge in [-0.15, -0.1) is 0 Å². The fraction of sp³-hybridized carbons (Fsp3) is 0.118. The van der Waals surface area contributed by atoms with Gasteiger partial charge in [-0.05, 0) is 17.7 Å². The fourth-order valence-corrected chi connectivity index (χ4v) is 2.45. The minimum Gasteiger partial charge on any atom is -0.353 e. The Morgan fingerprint density at radius 1 is 1.17 bits per heavy atom. The zero-order chi connectivity index (χ0) is 15.5. The van der Waals surface area contributed by atoms with Crippen LogP contribution < -0.4 is 10.7 Å². The van der Waals surface area contributed by atoms with Crippen LogP contribution in [0.3, 0.4) is 0 Å². The Bertz CT molecular complexity index is 842. The summed E-state index contributed by atoms with van der Waals surface area (Å²) in [6, 6.07) is 14.1. The minimum atomic E-state index is 0.725. The Morgan fingerprint density at radius 3 is 2.87 bits per heavy atom. The number of fused-ring (bicyclic) bond motifs is 1. The van der Waals surface area contributed by atoms with E-state index in [2.05, 4.69) is 38.0 Å².